The molecule has 0 radical (unpaired) electrons. The Hall–Kier alpha value is -0.0400. The molecule has 0 spiro atoms. The first-order valence-corrected chi connectivity index (χ1v) is 6.93. The van der Waals surface area contributed by atoms with Crippen molar-refractivity contribution < 1.29 is 0 Å². The predicted molar refractivity (Wildman–Crippen MR) is 70.3 cm³/mol. The minimum Gasteiger partial charge on any atom is -0.317 e. The molecule has 0 aliphatic heterocycles. The lowest BCUT2D eigenvalue weighted by Crippen LogP contribution is -2.31. The Balaban J connectivity index is 3.33. The second-order valence-corrected chi connectivity index (χ2v) is 4.84. The van der Waals surface area contributed by atoms with Crippen molar-refractivity contribution in [1.29, 1.82) is 0 Å². The molecule has 1 nitrogen and oxygen atoms in total. The van der Waals surface area contributed by atoms with Crippen molar-refractivity contribution in [3.63, 3.8) is 0 Å². The highest BCUT2D eigenvalue weighted by atomic mass is 14.9. The van der Waals surface area contributed by atoms with Gasteiger partial charge >= 0.3 is 0 Å². The van der Waals surface area contributed by atoms with Crippen LogP contribution in [0, 0.1) is 5.92 Å². The molecule has 0 aromatic carbocycles. The molecule has 1 heteroatoms. The van der Waals surface area contributed by atoms with Gasteiger partial charge in [0.05, 0.1) is 0 Å². The molecule has 0 rings (SSSR count). The van der Waals surface area contributed by atoms with Gasteiger partial charge in [-0.3, -0.25) is 0 Å². The minimum atomic E-state index is 0.723. The lowest BCUT2D eigenvalue weighted by molar-refractivity contribution is 0.355. The zero-order valence-corrected chi connectivity index (χ0v) is 11.3. The molecular weight excluding hydrogens is 182 g/mol. The van der Waals surface area contributed by atoms with Crippen molar-refractivity contribution in [2.45, 2.75) is 78.2 Å². The molecule has 0 aromatic heterocycles. The topological polar surface area (TPSA) is 12.0 Å². The van der Waals surface area contributed by atoms with Crippen LogP contribution in [0.4, 0.5) is 0 Å². The van der Waals surface area contributed by atoms with Crippen LogP contribution in [0.2, 0.25) is 0 Å². The molecule has 2 unspecified atom stereocenters. The number of hydrogen-bond donors (Lipinski definition) is 1. The Bertz CT molecular complexity index is 119. The molecule has 0 aliphatic carbocycles. The van der Waals surface area contributed by atoms with Gasteiger partial charge in [0.25, 0.3) is 0 Å². The van der Waals surface area contributed by atoms with Gasteiger partial charge in [0.1, 0.15) is 0 Å². The summed E-state index contributed by atoms with van der Waals surface area (Å²) in [6.07, 6.45) is 11.2. The number of rotatable bonds is 10. The summed E-state index contributed by atoms with van der Waals surface area (Å²) in [5.74, 6) is 0.839. The Labute approximate surface area is 97.0 Å². The monoisotopic (exact) mass is 213 g/mol. The normalized spacial score (nSPS) is 15.2. The molecule has 0 aromatic rings. The van der Waals surface area contributed by atoms with Crippen LogP contribution < -0.4 is 5.32 Å². The fraction of sp³-hybridized carbons (Fsp3) is 1.00. The molecule has 2 atom stereocenters. The predicted octanol–water partition coefficient (Wildman–Crippen LogP) is 4.37. The van der Waals surface area contributed by atoms with E-state index in [1.807, 2.05) is 0 Å². The van der Waals surface area contributed by atoms with Crippen molar-refractivity contribution >= 4 is 0 Å². The van der Waals surface area contributed by atoms with E-state index in [4.69, 9.17) is 0 Å². The van der Waals surface area contributed by atoms with Gasteiger partial charge in [-0.2, -0.15) is 0 Å². The Morgan fingerprint density at radius 2 is 1.53 bits per heavy atom. The molecule has 92 valence electrons. The van der Waals surface area contributed by atoms with Crippen LogP contribution >= 0.6 is 0 Å². The summed E-state index contributed by atoms with van der Waals surface area (Å²) in [4.78, 5) is 0. The van der Waals surface area contributed by atoms with E-state index in [1.54, 1.807) is 0 Å². The van der Waals surface area contributed by atoms with Crippen molar-refractivity contribution in [1.82, 2.24) is 5.32 Å². The van der Waals surface area contributed by atoms with Crippen LogP contribution in [0.5, 0.6) is 0 Å². The maximum absolute atomic E-state index is 3.41. The quantitative estimate of drug-likeness (QED) is 0.531. The van der Waals surface area contributed by atoms with E-state index in [9.17, 15) is 0 Å². The summed E-state index contributed by atoms with van der Waals surface area (Å²) in [7, 11) is 2.09. The summed E-state index contributed by atoms with van der Waals surface area (Å²) in [5, 5.41) is 3.41. The van der Waals surface area contributed by atoms with E-state index in [2.05, 4.69) is 33.1 Å². The third-order valence-electron chi connectivity index (χ3n) is 3.51. The molecule has 0 fully saturated rings. The Morgan fingerprint density at radius 3 is 2.07 bits per heavy atom. The van der Waals surface area contributed by atoms with Crippen LogP contribution in [-0.4, -0.2) is 13.1 Å². The van der Waals surface area contributed by atoms with E-state index >= 15 is 0 Å². The minimum absolute atomic E-state index is 0.723. The molecule has 0 saturated carbocycles. The van der Waals surface area contributed by atoms with Gasteiger partial charge in [-0.25, -0.2) is 0 Å². The zero-order chi connectivity index (χ0) is 11.5. The van der Waals surface area contributed by atoms with Crippen molar-refractivity contribution in [3.05, 3.63) is 0 Å². The Morgan fingerprint density at radius 1 is 0.933 bits per heavy atom. The standard InChI is InChI=1S/C14H31N/c1-5-7-8-9-10-11-12-13(3)14(6-2)15-4/h13-15H,5-12H2,1-4H3. The van der Waals surface area contributed by atoms with Crippen LogP contribution in [0.15, 0.2) is 0 Å². The van der Waals surface area contributed by atoms with Crippen LogP contribution in [0.3, 0.4) is 0 Å². The SMILES string of the molecule is CCCCCCCCC(C)C(CC)NC. The lowest BCUT2D eigenvalue weighted by Gasteiger charge is -2.21. The van der Waals surface area contributed by atoms with Crippen molar-refractivity contribution in [2.75, 3.05) is 7.05 Å². The van der Waals surface area contributed by atoms with Crippen LogP contribution in [0.25, 0.3) is 0 Å². The molecule has 0 amide bonds. The zero-order valence-electron chi connectivity index (χ0n) is 11.3. The van der Waals surface area contributed by atoms with Gasteiger partial charge in [0.15, 0.2) is 0 Å². The van der Waals surface area contributed by atoms with Gasteiger partial charge < -0.3 is 5.32 Å². The fourth-order valence-electron chi connectivity index (χ4n) is 2.34. The highest BCUT2D eigenvalue weighted by molar-refractivity contribution is 4.69. The van der Waals surface area contributed by atoms with Gasteiger partial charge in [-0.05, 0) is 25.8 Å². The van der Waals surface area contributed by atoms with Crippen LogP contribution in [-0.2, 0) is 0 Å². The molecule has 0 aliphatic rings. The summed E-state index contributed by atoms with van der Waals surface area (Å²) >= 11 is 0. The third-order valence-corrected chi connectivity index (χ3v) is 3.51. The molecule has 0 saturated heterocycles. The van der Waals surface area contributed by atoms with E-state index in [0.29, 0.717) is 0 Å². The van der Waals surface area contributed by atoms with Gasteiger partial charge in [-0.15, -0.1) is 0 Å². The highest BCUT2D eigenvalue weighted by Gasteiger charge is 2.11. The maximum atomic E-state index is 3.41. The second kappa shape index (κ2) is 10.5. The second-order valence-electron chi connectivity index (χ2n) is 4.84. The lowest BCUT2D eigenvalue weighted by atomic mass is 9.93. The highest BCUT2D eigenvalue weighted by Crippen LogP contribution is 2.16. The summed E-state index contributed by atoms with van der Waals surface area (Å²) in [6.45, 7) is 6.94. The van der Waals surface area contributed by atoms with E-state index < -0.39 is 0 Å². The maximum Gasteiger partial charge on any atom is 0.00870 e. The summed E-state index contributed by atoms with van der Waals surface area (Å²) < 4.78 is 0. The largest absolute Gasteiger partial charge is 0.317 e. The van der Waals surface area contributed by atoms with E-state index in [-0.39, 0.29) is 0 Å². The van der Waals surface area contributed by atoms with Crippen LogP contribution in [0.1, 0.15) is 72.1 Å². The number of nitrogens with one attached hydrogen (secondary N) is 1. The smallest absolute Gasteiger partial charge is 0.00870 e. The molecule has 0 heterocycles. The van der Waals surface area contributed by atoms with Gasteiger partial charge in [0, 0.05) is 6.04 Å². The van der Waals surface area contributed by atoms with Gasteiger partial charge in [-0.1, -0.05) is 59.3 Å². The molecule has 15 heavy (non-hydrogen) atoms. The molecule has 0 bridgehead atoms. The number of hydrogen-bond acceptors (Lipinski definition) is 1. The molecule has 1 N–H and O–H groups in total. The average Bonchev–Trinajstić information content (AvgIpc) is 2.25. The summed E-state index contributed by atoms with van der Waals surface area (Å²) in [5.41, 5.74) is 0. The molecular formula is C14H31N. The van der Waals surface area contributed by atoms with E-state index in [1.165, 1.54) is 51.4 Å². The number of unbranched alkanes of at least 4 members (excludes halogenated alkanes) is 5. The first-order chi connectivity index (χ1) is 7.26. The Kier molecular flexibility index (Phi) is 10.4. The average molecular weight is 213 g/mol. The van der Waals surface area contributed by atoms with Crippen molar-refractivity contribution in [3.8, 4) is 0 Å². The van der Waals surface area contributed by atoms with Crippen molar-refractivity contribution in [2.24, 2.45) is 5.92 Å². The first kappa shape index (κ1) is 15.0. The van der Waals surface area contributed by atoms with Gasteiger partial charge in [0.2, 0.25) is 0 Å². The fourth-order valence-corrected chi connectivity index (χ4v) is 2.34. The summed E-state index contributed by atoms with van der Waals surface area (Å²) in [6, 6.07) is 0.723. The first-order valence-electron chi connectivity index (χ1n) is 6.93. The van der Waals surface area contributed by atoms with E-state index in [0.717, 1.165) is 12.0 Å². The third kappa shape index (κ3) is 7.84.